The highest BCUT2D eigenvalue weighted by atomic mass is 16.5. The number of aliphatic carboxylic acids is 1. The molecule has 3 aliphatic rings. The number of carboxylic acids is 1. The second-order valence-corrected chi connectivity index (χ2v) is 18.4. The van der Waals surface area contributed by atoms with Crippen LogP contribution in [0.15, 0.2) is 30.3 Å². The Kier molecular flexibility index (Phi) is 19.2. The Morgan fingerprint density at radius 2 is 1.63 bits per heavy atom. The Balaban J connectivity index is 1.47. The molecule has 2 aliphatic heterocycles. The molecule has 0 aromatic heterocycles. The minimum Gasteiger partial charge on any atom is -0.480 e. The summed E-state index contributed by atoms with van der Waals surface area (Å²) in [5.41, 5.74) is 6.44. The fourth-order valence-corrected chi connectivity index (χ4v) is 10.4. The van der Waals surface area contributed by atoms with E-state index in [1.165, 1.54) is 14.2 Å². The first-order valence-corrected chi connectivity index (χ1v) is 23.0. The van der Waals surface area contributed by atoms with Gasteiger partial charge in [-0.1, -0.05) is 84.7 Å². The number of carbonyl (C=O) groups excluding carboxylic acids is 5. The van der Waals surface area contributed by atoms with Crippen LogP contribution in [0.1, 0.15) is 111 Å². The van der Waals surface area contributed by atoms with Crippen molar-refractivity contribution in [2.45, 2.75) is 161 Å². The summed E-state index contributed by atoms with van der Waals surface area (Å²) in [4.78, 5) is 87.8. The smallest absolute Gasteiger partial charge is 0.326 e. The minimum absolute atomic E-state index is 0.00683. The molecule has 0 radical (unpaired) electrons. The number of nitrogens with two attached hydrogens (primary N) is 1. The van der Waals surface area contributed by atoms with Gasteiger partial charge in [0.15, 0.2) is 0 Å². The molecule has 5 N–H and O–H groups in total. The lowest BCUT2D eigenvalue weighted by molar-refractivity contribution is -0.149. The molecular weight excluding hydrogens is 793 g/mol. The largest absolute Gasteiger partial charge is 0.480 e. The summed E-state index contributed by atoms with van der Waals surface area (Å²) in [6.07, 6.45) is 5.15. The first kappa shape index (κ1) is 50.6. The Morgan fingerprint density at radius 3 is 2.23 bits per heavy atom. The predicted octanol–water partition coefficient (Wildman–Crippen LogP) is 4.00. The van der Waals surface area contributed by atoms with E-state index in [9.17, 15) is 33.9 Å². The van der Waals surface area contributed by atoms with Gasteiger partial charge in [0.1, 0.15) is 18.1 Å². The number of hydrogen-bond acceptors (Lipinski definition) is 9. The summed E-state index contributed by atoms with van der Waals surface area (Å²) in [5, 5.41) is 15.7. The van der Waals surface area contributed by atoms with E-state index < -0.39 is 60.2 Å². The number of ether oxygens (including phenoxy) is 2. The van der Waals surface area contributed by atoms with E-state index in [4.69, 9.17) is 15.2 Å². The number of rotatable bonds is 24. The molecule has 1 aromatic rings. The van der Waals surface area contributed by atoms with Gasteiger partial charge < -0.3 is 45.6 Å². The maximum absolute atomic E-state index is 14.6. The van der Waals surface area contributed by atoms with Crippen molar-refractivity contribution in [2.24, 2.45) is 35.3 Å². The standard InChI is InChI=1S/C47H76N6O9/c1-10-29(4)41(51(7)46(58)40(28(2)3)50-45(57)42-33-22-23-35(30(33)5)53(42)38(54)21-15-12-16-24-48)37(61-8)27-39(55)52-25-17-20-36(52)43(62-9)31(6)44(56)49-34(47(59)60)26-32-18-13-11-14-19-32/h11,13-14,18-19,28-31,33-37,40-43H,10,12,15-17,20-27,48H2,1-9H3,(H,49,56)(H,50,57)(H,59,60)/t29-,30-,31+,33-,34-,35-,36-,37+,40-,41-,42-,43+/m0/s1. The molecule has 1 aliphatic carbocycles. The third-order valence-electron chi connectivity index (χ3n) is 14.2. The second-order valence-electron chi connectivity index (χ2n) is 18.4. The number of fused-ring (bicyclic) bond motifs is 2. The zero-order chi connectivity index (χ0) is 45.8. The normalized spacial score (nSPS) is 24.2. The van der Waals surface area contributed by atoms with Crippen LogP contribution in [0.25, 0.3) is 0 Å². The molecule has 348 valence electrons. The molecule has 0 unspecified atom stereocenters. The third kappa shape index (κ3) is 11.9. The van der Waals surface area contributed by atoms with Crippen LogP contribution in [0, 0.1) is 29.6 Å². The van der Waals surface area contributed by atoms with Gasteiger partial charge in [0, 0.05) is 46.7 Å². The highest BCUT2D eigenvalue weighted by Crippen LogP contribution is 2.47. The van der Waals surface area contributed by atoms with Crippen molar-refractivity contribution in [3.63, 3.8) is 0 Å². The Labute approximate surface area is 369 Å². The maximum atomic E-state index is 14.6. The minimum atomic E-state index is -1.15. The van der Waals surface area contributed by atoms with E-state index >= 15 is 0 Å². The number of benzene rings is 1. The lowest BCUT2D eigenvalue weighted by Crippen LogP contribution is -2.60. The van der Waals surface area contributed by atoms with Crippen LogP contribution in [0.4, 0.5) is 0 Å². The van der Waals surface area contributed by atoms with Crippen LogP contribution in [0.2, 0.25) is 0 Å². The average Bonchev–Trinajstić information content (AvgIpc) is 3.96. The van der Waals surface area contributed by atoms with E-state index in [1.807, 2.05) is 62.9 Å². The SMILES string of the molecule is CC[C@H](C)[C@@H]([C@@H](CC(=O)N1CCC[C@H]1[C@H](OC)[C@@H](C)C(=O)N[C@@H](Cc1ccccc1)C(=O)O)OC)N(C)C(=O)[C@@H](NC(=O)[C@@H]1[C@H]2CC[C@@H]([C@H]2C)N1C(=O)CCCCCN)C(C)C. The van der Waals surface area contributed by atoms with E-state index in [0.717, 1.165) is 37.7 Å². The van der Waals surface area contributed by atoms with Gasteiger partial charge in [0.25, 0.3) is 0 Å². The Morgan fingerprint density at radius 1 is 0.935 bits per heavy atom. The van der Waals surface area contributed by atoms with Crippen LogP contribution in [-0.2, 0) is 44.7 Å². The van der Waals surface area contributed by atoms with Gasteiger partial charge in [-0.05, 0) is 74.3 Å². The van der Waals surface area contributed by atoms with Crippen LogP contribution < -0.4 is 16.4 Å². The highest BCUT2D eigenvalue weighted by Gasteiger charge is 2.56. The van der Waals surface area contributed by atoms with Crippen molar-refractivity contribution in [3.05, 3.63) is 35.9 Å². The van der Waals surface area contributed by atoms with Gasteiger partial charge in [-0.25, -0.2) is 4.79 Å². The average molecular weight is 869 g/mol. The van der Waals surface area contributed by atoms with Crippen LogP contribution >= 0.6 is 0 Å². The molecule has 3 fully saturated rings. The number of nitrogens with one attached hydrogen (secondary N) is 2. The summed E-state index contributed by atoms with van der Waals surface area (Å²) in [6, 6.07) is 5.46. The summed E-state index contributed by atoms with van der Waals surface area (Å²) >= 11 is 0. The van der Waals surface area contributed by atoms with Gasteiger partial charge in [-0.2, -0.15) is 0 Å². The number of nitrogens with zero attached hydrogens (tertiary/aromatic N) is 3. The summed E-state index contributed by atoms with van der Waals surface area (Å²) in [6.45, 7) is 12.6. The monoisotopic (exact) mass is 869 g/mol. The molecule has 4 rings (SSSR count). The number of likely N-dealkylation sites (tertiary alicyclic amines) is 2. The zero-order valence-electron chi connectivity index (χ0n) is 38.7. The second kappa shape index (κ2) is 23.6. The first-order valence-electron chi connectivity index (χ1n) is 23.0. The molecule has 5 amide bonds. The molecule has 1 aromatic carbocycles. The Hall–Kier alpha value is -4.08. The summed E-state index contributed by atoms with van der Waals surface area (Å²) < 4.78 is 12.0. The quantitative estimate of drug-likeness (QED) is 0.110. The molecule has 1 saturated carbocycles. The number of carboxylic acid groups (broad SMARTS) is 1. The van der Waals surface area contributed by atoms with Gasteiger partial charge in [-0.3, -0.25) is 24.0 Å². The van der Waals surface area contributed by atoms with E-state index in [0.29, 0.717) is 38.8 Å². The number of hydrogen-bond donors (Lipinski definition) is 4. The lowest BCUT2D eigenvalue weighted by Gasteiger charge is -2.41. The van der Waals surface area contributed by atoms with Gasteiger partial charge in [-0.15, -0.1) is 0 Å². The number of unbranched alkanes of at least 4 members (excludes halogenated alkanes) is 2. The Bertz CT molecular complexity index is 1660. The lowest BCUT2D eigenvalue weighted by atomic mass is 9.89. The van der Waals surface area contributed by atoms with Crippen molar-refractivity contribution in [2.75, 3.05) is 34.4 Å². The van der Waals surface area contributed by atoms with Crippen LogP contribution in [-0.4, -0.2) is 138 Å². The van der Waals surface area contributed by atoms with Gasteiger partial charge in [0.2, 0.25) is 29.5 Å². The molecule has 2 saturated heterocycles. The van der Waals surface area contributed by atoms with Gasteiger partial charge >= 0.3 is 5.97 Å². The van der Waals surface area contributed by atoms with Gasteiger partial charge in [0.05, 0.1) is 36.6 Å². The van der Waals surface area contributed by atoms with Crippen molar-refractivity contribution < 1.29 is 43.3 Å². The maximum Gasteiger partial charge on any atom is 0.326 e. The summed E-state index contributed by atoms with van der Waals surface area (Å²) in [5.74, 6) is -3.38. The fraction of sp³-hybridized carbons (Fsp3) is 0.745. The number of methoxy groups -OCH3 is 2. The van der Waals surface area contributed by atoms with Crippen LogP contribution in [0.5, 0.6) is 0 Å². The molecule has 62 heavy (non-hydrogen) atoms. The van der Waals surface area contributed by atoms with Crippen molar-refractivity contribution in [3.8, 4) is 0 Å². The number of carbonyl (C=O) groups is 6. The molecular formula is C47H76N6O9. The molecule has 15 heteroatoms. The number of amides is 5. The van der Waals surface area contributed by atoms with Crippen molar-refractivity contribution in [1.29, 1.82) is 0 Å². The third-order valence-corrected chi connectivity index (χ3v) is 14.2. The first-order chi connectivity index (χ1) is 29.5. The van der Waals surface area contributed by atoms with Crippen LogP contribution in [0.3, 0.4) is 0 Å². The fourth-order valence-electron chi connectivity index (χ4n) is 10.4. The van der Waals surface area contributed by atoms with E-state index in [-0.39, 0.29) is 66.2 Å². The zero-order valence-corrected chi connectivity index (χ0v) is 38.7. The summed E-state index contributed by atoms with van der Waals surface area (Å²) in [7, 11) is 4.73. The topological polar surface area (TPSA) is 201 Å². The predicted molar refractivity (Wildman–Crippen MR) is 236 cm³/mol. The van der Waals surface area contributed by atoms with E-state index in [2.05, 4.69) is 17.6 Å². The number of piperidine rings is 1. The van der Waals surface area contributed by atoms with Crippen molar-refractivity contribution >= 4 is 35.5 Å². The molecule has 15 nitrogen and oxygen atoms in total. The molecule has 2 heterocycles. The molecule has 12 atom stereocenters. The molecule has 2 bridgehead atoms. The van der Waals surface area contributed by atoms with E-state index in [1.54, 1.807) is 23.8 Å². The van der Waals surface area contributed by atoms with Crippen molar-refractivity contribution in [1.82, 2.24) is 25.3 Å². The number of likely N-dealkylation sites (N-methyl/N-ethyl adjacent to an activating group) is 1. The molecule has 0 spiro atoms. The highest BCUT2D eigenvalue weighted by molar-refractivity contribution is 5.93.